The number of furan rings is 1. The third-order valence-corrected chi connectivity index (χ3v) is 8.71. The van der Waals surface area contributed by atoms with Crippen LogP contribution in [0.3, 0.4) is 0 Å². The Labute approximate surface area is 227 Å². The van der Waals surface area contributed by atoms with Gasteiger partial charge in [-0.1, -0.05) is 30.3 Å². The van der Waals surface area contributed by atoms with Gasteiger partial charge in [-0.2, -0.15) is 9.13 Å². The fraction of sp³-hybridized carbons (Fsp3) is 0.171. The van der Waals surface area contributed by atoms with Crippen molar-refractivity contribution in [3.8, 4) is 22.5 Å². The average molecular weight is 508 g/mol. The fourth-order valence-electron chi connectivity index (χ4n) is 6.93. The van der Waals surface area contributed by atoms with Crippen LogP contribution in [-0.4, -0.2) is 4.98 Å². The van der Waals surface area contributed by atoms with E-state index in [-0.39, 0.29) is 6.04 Å². The quantitative estimate of drug-likeness (QED) is 0.202. The van der Waals surface area contributed by atoms with E-state index >= 15 is 0 Å². The van der Waals surface area contributed by atoms with E-state index in [1.807, 2.05) is 6.92 Å². The molecule has 0 N–H and O–H groups in total. The summed E-state index contributed by atoms with van der Waals surface area (Å²) in [5.74, 6) is 0.368. The summed E-state index contributed by atoms with van der Waals surface area (Å²) in [4.78, 5) is 4.71. The lowest BCUT2D eigenvalue weighted by Crippen LogP contribution is -2.49. The first-order valence-corrected chi connectivity index (χ1v) is 13.8. The molecule has 0 fully saturated rings. The molecule has 2 aliphatic rings. The molecule has 0 aliphatic carbocycles. The molecule has 6 aromatic rings. The Kier molecular flexibility index (Phi) is 4.87. The maximum Gasteiger partial charge on any atom is 0.227 e. The van der Waals surface area contributed by atoms with Crippen molar-refractivity contribution in [3.63, 3.8) is 0 Å². The molecule has 4 heteroatoms. The molecule has 188 valence electrons. The van der Waals surface area contributed by atoms with E-state index in [4.69, 9.17) is 9.40 Å². The molecular weight excluding hydrogens is 478 g/mol. The summed E-state index contributed by atoms with van der Waals surface area (Å²) in [6.07, 6.45) is 7.25. The van der Waals surface area contributed by atoms with E-state index in [0.29, 0.717) is 11.6 Å². The zero-order valence-corrected chi connectivity index (χ0v) is 22.0. The van der Waals surface area contributed by atoms with Crippen molar-refractivity contribution < 1.29 is 13.6 Å². The Morgan fingerprint density at radius 2 is 1.64 bits per heavy atom. The van der Waals surface area contributed by atoms with Crippen LogP contribution in [0.2, 0.25) is 0 Å². The van der Waals surface area contributed by atoms with Crippen molar-refractivity contribution in [2.75, 3.05) is 0 Å². The SMILES string of the molecule is C=C1CC2C(CCc3ccc4c(oc5nc(C)ccc54)c3-c3cccc[n+]31)c1ccccc1-c1cccc[n+]12. The molecule has 0 amide bonds. The smallest absolute Gasteiger partial charge is 0.227 e. The van der Waals surface area contributed by atoms with Gasteiger partial charge >= 0.3 is 0 Å². The van der Waals surface area contributed by atoms with Crippen LogP contribution in [0, 0.1) is 6.92 Å². The number of pyridine rings is 3. The predicted octanol–water partition coefficient (Wildman–Crippen LogP) is 7.34. The van der Waals surface area contributed by atoms with E-state index in [1.165, 1.54) is 22.4 Å². The topological polar surface area (TPSA) is 33.8 Å². The van der Waals surface area contributed by atoms with Crippen molar-refractivity contribution >= 4 is 27.8 Å². The molecule has 2 aromatic carbocycles. The zero-order valence-electron chi connectivity index (χ0n) is 22.0. The van der Waals surface area contributed by atoms with Gasteiger partial charge in [-0.15, -0.1) is 0 Å². The molecule has 4 aromatic heterocycles. The summed E-state index contributed by atoms with van der Waals surface area (Å²) in [5.41, 5.74) is 11.3. The Morgan fingerprint density at radius 3 is 2.56 bits per heavy atom. The van der Waals surface area contributed by atoms with Crippen LogP contribution in [0.4, 0.5) is 0 Å². The molecule has 4 nitrogen and oxygen atoms in total. The largest absolute Gasteiger partial charge is 0.437 e. The number of allylic oxidation sites excluding steroid dienone is 1. The molecule has 0 saturated heterocycles. The normalized spacial score (nSPS) is 18.1. The first kappa shape index (κ1) is 22.4. The van der Waals surface area contributed by atoms with Crippen LogP contribution in [0.25, 0.3) is 50.3 Å². The monoisotopic (exact) mass is 507 g/mol. The number of fused-ring (bicyclic) bond motifs is 13. The summed E-state index contributed by atoms with van der Waals surface area (Å²) < 4.78 is 11.3. The minimum absolute atomic E-state index is 0.285. The summed E-state index contributed by atoms with van der Waals surface area (Å²) >= 11 is 0. The highest BCUT2D eigenvalue weighted by molar-refractivity contribution is 6.08. The van der Waals surface area contributed by atoms with Crippen molar-refractivity contribution in [2.45, 2.75) is 38.1 Å². The second kappa shape index (κ2) is 8.47. The van der Waals surface area contributed by atoms with E-state index in [0.717, 1.165) is 58.3 Å². The standard InChI is InChI=1S/C35H29N3O/c1-22-13-16-29-28-18-15-24-14-17-27-25-9-3-4-10-26(25)30-11-5-8-20-38(30)32(27)21-23(2)37-19-7-6-12-31(37)33(24)34(28)39-35(29)36-22/h3-13,15-16,18-20,27,32H,2,14,17,21H2,1H3/q+2. The van der Waals surface area contributed by atoms with Gasteiger partial charge in [-0.25, -0.2) is 4.98 Å². The summed E-state index contributed by atoms with van der Waals surface area (Å²) in [7, 11) is 0. The molecular formula is C35H29N3O+2. The Morgan fingerprint density at radius 1 is 0.846 bits per heavy atom. The first-order valence-electron chi connectivity index (χ1n) is 13.8. The van der Waals surface area contributed by atoms with Crippen LogP contribution in [0.1, 0.15) is 41.6 Å². The highest BCUT2D eigenvalue weighted by atomic mass is 16.3. The molecule has 0 radical (unpaired) electrons. The molecule has 8 rings (SSSR count). The number of nitrogens with zero attached hydrogens (tertiary/aromatic N) is 3. The second-order valence-corrected chi connectivity index (χ2v) is 10.9. The third-order valence-electron chi connectivity index (χ3n) is 8.71. The molecule has 39 heavy (non-hydrogen) atoms. The van der Waals surface area contributed by atoms with Crippen molar-refractivity contribution in [1.82, 2.24) is 4.98 Å². The second-order valence-electron chi connectivity index (χ2n) is 10.9. The van der Waals surface area contributed by atoms with Crippen LogP contribution in [-0.2, 0) is 6.42 Å². The van der Waals surface area contributed by atoms with Crippen molar-refractivity contribution in [2.24, 2.45) is 0 Å². The number of aryl methyl sites for hydroxylation is 2. The van der Waals surface area contributed by atoms with Gasteiger partial charge in [-0.3, -0.25) is 0 Å². The Balaban J connectivity index is 1.38. The number of rotatable bonds is 0. The van der Waals surface area contributed by atoms with Crippen molar-refractivity contribution in [1.29, 1.82) is 0 Å². The lowest BCUT2D eigenvalue weighted by atomic mass is 9.77. The summed E-state index contributed by atoms with van der Waals surface area (Å²) in [5, 5.41) is 2.17. The molecule has 0 spiro atoms. The minimum Gasteiger partial charge on any atom is -0.437 e. The lowest BCUT2D eigenvalue weighted by Gasteiger charge is -2.31. The van der Waals surface area contributed by atoms with Crippen LogP contribution in [0.15, 0.2) is 108 Å². The molecule has 2 aliphatic heterocycles. The third kappa shape index (κ3) is 3.34. The fourth-order valence-corrected chi connectivity index (χ4v) is 6.93. The van der Waals surface area contributed by atoms with E-state index < -0.39 is 0 Å². The van der Waals surface area contributed by atoms with Gasteiger partial charge in [0.15, 0.2) is 29.7 Å². The van der Waals surface area contributed by atoms with Gasteiger partial charge in [-0.05, 0) is 67.8 Å². The van der Waals surface area contributed by atoms with Gasteiger partial charge in [0.2, 0.25) is 17.1 Å². The van der Waals surface area contributed by atoms with Crippen LogP contribution in [0.5, 0.6) is 0 Å². The van der Waals surface area contributed by atoms with E-state index in [1.54, 1.807) is 0 Å². The van der Waals surface area contributed by atoms with Gasteiger partial charge in [0.05, 0.1) is 12.0 Å². The minimum atomic E-state index is 0.285. The maximum atomic E-state index is 6.54. The number of hydrogen-bond donors (Lipinski definition) is 0. The Hall–Kier alpha value is -4.57. The predicted molar refractivity (Wildman–Crippen MR) is 154 cm³/mol. The highest BCUT2D eigenvalue weighted by Crippen LogP contribution is 2.45. The van der Waals surface area contributed by atoms with Gasteiger partial charge in [0.1, 0.15) is 0 Å². The first-order chi connectivity index (χ1) is 19.2. The zero-order chi connectivity index (χ0) is 26.1. The summed E-state index contributed by atoms with van der Waals surface area (Å²) in [6.45, 7) is 6.67. The number of hydrogen-bond acceptors (Lipinski definition) is 2. The van der Waals surface area contributed by atoms with Crippen LogP contribution >= 0.6 is 0 Å². The van der Waals surface area contributed by atoms with Gasteiger partial charge in [0, 0.05) is 52.2 Å². The molecule has 0 bridgehead atoms. The number of benzene rings is 2. The Bertz CT molecular complexity index is 1950. The molecule has 2 atom stereocenters. The number of aromatic nitrogens is 3. The maximum absolute atomic E-state index is 6.54. The van der Waals surface area contributed by atoms with Gasteiger partial charge in [0.25, 0.3) is 0 Å². The van der Waals surface area contributed by atoms with E-state index in [9.17, 15) is 0 Å². The lowest BCUT2D eigenvalue weighted by molar-refractivity contribution is -0.720. The van der Waals surface area contributed by atoms with Gasteiger partial charge < -0.3 is 4.42 Å². The van der Waals surface area contributed by atoms with E-state index in [2.05, 4.69) is 113 Å². The molecule has 0 saturated carbocycles. The summed E-state index contributed by atoms with van der Waals surface area (Å²) in [6, 6.07) is 30.9. The van der Waals surface area contributed by atoms with Crippen molar-refractivity contribution in [3.05, 3.63) is 121 Å². The average Bonchev–Trinajstić information content (AvgIpc) is 3.34. The molecule has 2 unspecified atom stereocenters. The highest BCUT2D eigenvalue weighted by Gasteiger charge is 2.42. The van der Waals surface area contributed by atoms with Crippen LogP contribution < -0.4 is 9.13 Å². The molecule has 6 heterocycles.